The van der Waals surface area contributed by atoms with Crippen LogP contribution in [-0.2, 0) is 21.0 Å². The normalized spacial score (nSPS) is 19.7. The van der Waals surface area contributed by atoms with Gasteiger partial charge in [0.05, 0.1) is 25.1 Å². The Bertz CT molecular complexity index is 1220. The Morgan fingerprint density at radius 2 is 1.81 bits per heavy atom. The van der Waals surface area contributed by atoms with Gasteiger partial charge in [0.2, 0.25) is 10.8 Å². The molecule has 2 amide bonds. The number of methoxy groups -OCH3 is 1. The molecule has 0 radical (unpaired) electrons. The van der Waals surface area contributed by atoms with Crippen LogP contribution in [-0.4, -0.2) is 24.7 Å². The third-order valence-corrected chi connectivity index (χ3v) is 7.51. The van der Waals surface area contributed by atoms with E-state index in [0.29, 0.717) is 22.7 Å². The number of halogens is 2. The Labute approximate surface area is 193 Å². The first-order chi connectivity index (χ1) is 15.5. The molecule has 8 heteroatoms. The summed E-state index contributed by atoms with van der Waals surface area (Å²) in [6.07, 6.45) is 0. The number of hydrogen-bond donors (Lipinski definition) is 0. The smallest absolute Gasteiger partial charge is 0.269 e. The zero-order chi connectivity index (χ0) is 22.5. The van der Waals surface area contributed by atoms with Crippen molar-refractivity contribution in [2.45, 2.75) is 11.4 Å². The molecule has 0 bridgehead atoms. The molecule has 2 heterocycles. The van der Waals surface area contributed by atoms with Gasteiger partial charge in [-0.3, -0.25) is 14.5 Å². The molecule has 1 fully saturated rings. The van der Waals surface area contributed by atoms with E-state index in [-0.39, 0.29) is 34.7 Å². The highest BCUT2D eigenvalue weighted by molar-refractivity contribution is 8.02. The van der Waals surface area contributed by atoms with Gasteiger partial charge in [0.25, 0.3) is 5.91 Å². The molecular weight excluding hydrogens is 451 g/mol. The Kier molecular flexibility index (Phi) is 5.10. The maximum absolute atomic E-state index is 14.5. The van der Waals surface area contributed by atoms with Gasteiger partial charge in [0.15, 0.2) is 0 Å². The predicted octanol–water partition coefficient (Wildman–Crippen LogP) is 4.97. The van der Waals surface area contributed by atoms with Gasteiger partial charge in [-0.2, -0.15) is 0 Å². The first-order valence-electron chi connectivity index (χ1n) is 9.93. The van der Waals surface area contributed by atoms with Crippen molar-refractivity contribution < 1.29 is 18.7 Å². The van der Waals surface area contributed by atoms with Crippen molar-refractivity contribution in [1.29, 1.82) is 0 Å². The number of para-hydroxylation sites is 1. The molecule has 32 heavy (non-hydrogen) atoms. The lowest BCUT2D eigenvalue weighted by Crippen LogP contribution is -2.49. The van der Waals surface area contributed by atoms with E-state index in [1.165, 1.54) is 28.8 Å². The quantitative estimate of drug-likeness (QED) is 0.542. The third-order valence-electron chi connectivity index (χ3n) is 5.77. The van der Waals surface area contributed by atoms with Crippen LogP contribution in [0.5, 0.6) is 5.75 Å². The molecule has 3 aromatic rings. The second-order valence-electron chi connectivity index (χ2n) is 7.47. The minimum atomic E-state index is -1.26. The molecule has 0 N–H and O–H groups in total. The summed E-state index contributed by atoms with van der Waals surface area (Å²) in [4.78, 5) is 28.8. The van der Waals surface area contributed by atoms with Crippen molar-refractivity contribution in [1.82, 2.24) is 0 Å². The van der Waals surface area contributed by atoms with Crippen molar-refractivity contribution in [3.8, 4) is 5.75 Å². The Morgan fingerprint density at radius 1 is 1.06 bits per heavy atom. The van der Waals surface area contributed by atoms with Crippen LogP contribution in [0.1, 0.15) is 11.1 Å². The SMILES string of the molecule is COc1ccc(N2C(=O)CS[C@]23C(=O)N(Cc2c(F)cccc2Cl)c2ccccc23)cc1. The molecule has 1 saturated heterocycles. The van der Waals surface area contributed by atoms with E-state index in [2.05, 4.69) is 0 Å². The molecule has 162 valence electrons. The van der Waals surface area contributed by atoms with Gasteiger partial charge in [-0.1, -0.05) is 35.9 Å². The number of thioether (sulfide) groups is 1. The summed E-state index contributed by atoms with van der Waals surface area (Å²) in [6, 6.07) is 18.8. The number of benzene rings is 3. The number of anilines is 2. The second-order valence-corrected chi connectivity index (χ2v) is 9.04. The number of hydrogen-bond acceptors (Lipinski definition) is 4. The molecule has 0 unspecified atom stereocenters. The van der Waals surface area contributed by atoms with E-state index < -0.39 is 10.7 Å². The minimum absolute atomic E-state index is 0.0334. The van der Waals surface area contributed by atoms with Crippen LogP contribution in [0.15, 0.2) is 66.7 Å². The van der Waals surface area contributed by atoms with Crippen LogP contribution in [0, 0.1) is 5.82 Å². The van der Waals surface area contributed by atoms with Gasteiger partial charge >= 0.3 is 0 Å². The third kappa shape index (κ3) is 2.99. The van der Waals surface area contributed by atoms with Gasteiger partial charge in [-0.15, -0.1) is 11.8 Å². The van der Waals surface area contributed by atoms with Crippen LogP contribution in [0.25, 0.3) is 0 Å². The molecule has 0 aliphatic carbocycles. The zero-order valence-corrected chi connectivity index (χ0v) is 18.6. The fourth-order valence-electron chi connectivity index (χ4n) is 4.29. The lowest BCUT2D eigenvalue weighted by molar-refractivity contribution is -0.123. The summed E-state index contributed by atoms with van der Waals surface area (Å²) < 4.78 is 19.8. The maximum atomic E-state index is 14.5. The number of rotatable bonds is 4. The summed E-state index contributed by atoms with van der Waals surface area (Å²) >= 11 is 7.52. The van der Waals surface area contributed by atoms with Gasteiger partial charge in [0, 0.05) is 21.8 Å². The van der Waals surface area contributed by atoms with Crippen molar-refractivity contribution in [2.24, 2.45) is 0 Å². The van der Waals surface area contributed by atoms with Crippen LogP contribution in [0.4, 0.5) is 15.8 Å². The number of nitrogens with zero attached hydrogens (tertiary/aromatic N) is 2. The van der Waals surface area contributed by atoms with Gasteiger partial charge < -0.3 is 9.64 Å². The highest BCUT2D eigenvalue weighted by Gasteiger charge is 2.61. The average molecular weight is 469 g/mol. The number of ether oxygens (including phenoxy) is 1. The van der Waals surface area contributed by atoms with Gasteiger partial charge in [-0.25, -0.2) is 4.39 Å². The molecular formula is C24H18ClFN2O3S. The second kappa shape index (κ2) is 7.83. The van der Waals surface area contributed by atoms with Crippen molar-refractivity contribution >= 4 is 46.6 Å². The molecule has 0 saturated carbocycles. The molecule has 3 aromatic carbocycles. The van der Waals surface area contributed by atoms with Crippen molar-refractivity contribution in [3.63, 3.8) is 0 Å². The van der Waals surface area contributed by atoms with Crippen LogP contribution < -0.4 is 14.5 Å². The van der Waals surface area contributed by atoms with Gasteiger partial charge in [-0.05, 0) is 42.5 Å². The summed E-state index contributed by atoms with van der Waals surface area (Å²) in [7, 11) is 1.57. The van der Waals surface area contributed by atoms with E-state index in [1.54, 1.807) is 42.3 Å². The van der Waals surface area contributed by atoms with E-state index >= 15 is 0 Å². The van der Waals surface area contributed by atoms with Crippen LogP contribution >= 0.6 is 23.4 Å². The van der Waals surface area contributed by atoms with E-state index in [1.807, 2.05) is 24.3 Å². The number of fused-ring (bicyclic) bond motifs is 2. The topological polar surface area (TPSA) is 49.9 Å². The highest BCUT2D eigenvalue weighted by atomic mass is 35.5. The van der Waals surface area contributed by atoms with E-state index in [9.17, 15) is 14.0 Å². The molecule has 2 aliphatic rings. The molecule has 0 aromatic heterocycles. The number of carbonyl (C=O) groups is 2. The summed E-state index contributed by atoms with van der Waals surface area (Å²) in [5.41, 5.74) is 2.16. The number of carbonyl (C=O) groups excluding carboxylic acids is 2. The van der Waals surface area contributed by atoms with Gasteiger partial charge in [0.1, 0.15) is 11.6 Å². The zero-order valence-electron chi connectivity index (χ0n) is 17.0. The number of amides is 2. The van der Waals surface area contributed by atoms with E-state index in [4.69, 9.17) is 16.3 Å². The molecule has 5 nitrogen and oxygen atoms in total. The molecule has 2 aliphatic heterocycles. The monoisotopic (exact) mass is 468 g/mol. The molecule has 1 spiro atoms. The molecule has 1 atom stereocenters. The van der Waals surface area contributed by atoms with Crippen molar-refractivity contribution in [2.75, 3.05) is 22.7 Å². The fourth-order valence-corrected chi connectivity index (χ4v) is 5.87. The molecule has 5 rings (SSSR count). The lowest BCUT2D eigenvalue weighted by atomic mass is 10.0. The van der Waals surface area contributed by atoms with Crippen molar-refractivity contribution in [3.05, 3.63) is 88.7 Å². The maximum Gasteiger partial charge on any atom is 0.269 e. The lowest BCUT2D eigenvalue weighted by Gasteiger charge is -2.33. The fraction of sp³-hybridized carbons (Fsp3) is 0.167. The average Bonchev–Trinajstić information content (AvgIpc) is 3.27. The summed E-state index contributed by atoms with van der Waals surface area (Å²) in [5, 5.41) is 0.249. The Balaban J connectivity index is 1.64. The summed E-state index contributed by atoms with van der Waals surface area (Å²) in [6.45, 7) is -0.0334. The highest BCUT2D eigenvalue weighted by Crippen LogP contribution is 2.56. The van der Waals surface area contributed by atoms with Crippen LogP contribution in [0.2, 0.25) is 5.02 Å². The first kappa shape index (κ1) is 20.8. The Hall–Kier alpha value is -3.03. The largest absolute Gasteiger partial charge is 0.497 e. The predicted molar refractivity (Wildman–Crippen MR) is 124 cm³/mol. The van der Waals surface area contributed by atoms with E-state index in [0.717, 1.165) is 0 Å². The first-order valence-corrected chi connectivity index (χ1v) is 11.3. The standard InChI is InChI=1S/C24H18ClFN2O3S/c1-31-16-11-9-15(10-12-16)28-22(29)14-32-24(28)18-5-2-3-8-21(18)27(23(24)30)13-17-19(25)6-4-7-20(17)26/h2-12H,13-14H2,1H3/t24-/m1/s1. The Morgan fingerprint density at radius 3 is 2.53 bits per heavy atom. The minimum Gasteiger partial charge on any atom is -0.497 e. The van der Waals surface area contributed by atoms with Crippen LogP contribution in [0.3, 0.4) is 0 Å². The summed E-state index contributed by atoms with van der Waals surface area (Å²) in [5.74, 6) is -0.152.